The van der Waals surface area contributed by atoms with E-state index in [2.05, 4.69) is 5.32 Å². The number of aryl methyl sites for hydroxylation is 1. The van der Waals surface area contributed by atoms with E-state index in [4.69, 9.17) is 9.47 Å². The molecule has 2 aromatic carbocycles. The van der Waals surface area contributed by atoms with Gasteiger partial charge in [0.15, 0.2) is 11.5 Å². The van der Waals surface area contributed by atoms with Crippen LogP contribution in [0.5, 0.6) is 11.5 Å². The first kappa shape index (κ1) is 20.4. The first-order valence-electron chi connectivity index (χ1n) is 8.03. The summed E-state index contributed by atoms with van der Waals surface area (Å²) in [6.07, 6.45) is 0. The fraction of sp³-hybridized carbons (Fsp3) is 0.333. The Kier molecular flexibility index (Phi) is 6.39. The molecule has 8 heteroatoms. The Morgan fingerprint density at radius 2 is 1.73 bits per heavy atom. The predicted octanol–water partition coefficient (Wildman–Crippen LogP) is 2.73. The molecule has 0 saturated heterocycles. The molecule has 1 aliphatic heterocycles. The van der Waals surface area contributed by atoms with Gasteiger partial charge in [0.05, 0.1) is 24.8 Å². The molecule has 6 nitrogen and oxygen atoms in total. The first-order chi connectivity index (χ1) is 12.0. The van der Waals surface area contributed by atoms with E-state index in [1.165, 1.54) is 24.6 Å². The molecule has 0 radical (unpaired) electrons. The Balaban J connectivity index is 0.00000243. The minimum atomic E-state index is -3.73. The number of para-hydroxylation sites is 1. The van der Waals surface area contributed by atoms with Gasteiger partial charge in [-0.3, -0.25) is 4.31 Å². The number of ether oxygens (including phenoxy) is 2. The van der Waals surface area contributed by atoms with Crippen LogP contribution in [-0.4, -0.2) is 35.7 Å². The van der Waals surface area contributed by atoms with Gasteiger partial charge in [-0.2, -0.15) is 0 Å². The van der Waals surface area contributed by atoms with Crippen molar-refractivity contribution in [2.24, 2.45) is 0 Å². The van der Waals surface area contributed by atoms with Crippen molar-refractivity contribution in [2.45, 2.75) is 18.4 Å². The average Bonchev–Trinajstić information content (AvgIpc) is 2.84. The van der Waals surface area contributed by atoms with Crippen molar-refractivity contribution >= 4 is 28.1 Å². The molecule has 0 amide bonds. The van der Waals surface area contributed by atoms with Crippen LogP contribution in [0, 0.1) is 6.92 Å². The van der Waals surface area contributed by atoms with Gasteiger partial charge in [0.2, 0.25) is 0 Å². The highest BCUT2D eigenvalue weighted by atomic mass is 35.5. The highest BCUT2D eigenvalue weighted by Crippen LogP contribution is 2.35. The molecule has 1 N–H and O–H groups in total. The van der Waals surface area contributed by atoms with Crippen LogP contribution in [0.15, 0.2) is 41.3 Å². The Hall–Kier alpha value is -1.96. The summed E-state index contributed by atoms with van der Waals surface area (Å²) < 4.78 is 38.8. The van der Waals surface area contributed by atoms with Crippen LogP contribution in [0.4, 0.5) is 5.69 Å². The Labute approximate surface area is 160 Å². The molecule has 0 aromatic heterocycles. The maximum Gasteiger partial charge on any atom is 0.264 e. The minimum Gasteiger partial charge on any atom is -0.493 e. The fourth-order valence-electron chi connectivity index (χ4n) is 3.04. The molecule has 0 fully saturated rings. The molecule has 3 rings (SSSR count). The quantitative estimate of drug-likeness (QED) is 0.857. The third kappa shape index (κ3) is 3.60. The summed E-state index contributed by atoms with van der Waals surface area (Å²) in [4.78, 5) is 0.224. The zero-order valence-corrected chi connectivity index (χ0v) is 16.6. The lowest BCUT2D eigenvalue weighted by Crippen LogP contribution is -2.35. The van der Waals surface area contributed by atoms with Gasteiger partial charge in [-0.1, -0.05) is 18.2 Å². The maximum absolute atomic E-state index is 13.4. The molecule has 0 aliphatic carbocycles. The molecule has 0 spiro atoms. The number of sulfonamides is 1. The normalized spacial score (nSPS) is 14.0. The van der Waals surface area contributed by atoms with Gasteiger partial charge < -0.3 is 14.8 Å². The van der Waals surface area contributed by atoms with Crippen molar-refractivity contribution in [2.75, 3.05) is 31.6 Å². The number of hydrogen-bond donors (Lipinski definition) is 1. The van der Waals surface area contributed by atoms with Gasteiger partial charge in [0, 0.05) is 25.7 Å². The minimum absolute atomic E-state index is 0. The smallest absolute Gasteiger partial charge is 0.264 e. The highest BCUT2D eigenvalue weighted by Gasteiger charge is 2.30. The number of nitrogens with zero attached hydrogens (tertiary/aromatic N) is 1. The number of nitrogens with one attached hydrogen (secondary N) is 1. The summed E-state index contributed by atoms with van der Waals surface area (Å²) in [7, 11) is -0.705. The Bertz CT molecular complexity index is 887. The van der Waals surface area contributed by atoms with Crippen LogP contribution in [0.2, 0.25) is 0 Å². The van der Waals surface area contributed by atoms with E-state index in [0.29, 0.717) is 42.4 Å². The standard InChI is InChI=1S/C18H22N2O4S.ClH/c1-13-10-16(23-2)17(24-3)11-18(13)25(21,22)20-9-8-19-12-14-6-4-5-7-15(14)20;/h4-7,10-11,19H,8-9,12H2,1-3H3;1H. The summed E-state index contributed by atoms with van der Waals surface area (Å²) in [6.45, 7) is 3.36. The number of hydrogen-bond acceptors (Lipinski definition) is 5. The van der Waals surface area contributed by atoms with Gasteiger partial charge in [0.1, 0.15) is 0 Å². The van der Waals surface area contributed by atoms with Crippen molar-refractivity contribution in [3.8, 4) is 11.5 Å². The first-order valence-corrected chi connectivity index (χ1v) is 9.47. The molecule has 26 heavy (non-hydrogen) atoms. The van der Waals surface area contributed by atoms with E-state index in [1.54, 1.807) is 13.0 Å². The van der Waals surface area contributed by atoms with Crippen molar-refractivity contribution in [3.63, 3.8) is 0 Å². The van der Waals surface area contributed by atoms with Crippen molar-refractivity contribution in [3.05, 3.63) is 47.5 Å². The topological polar surface area (TPSA) is 67.9 Å². The predicted molar refractivity (Wildman–Crippen MR) is 104 cm³/mol. The van der Waals surface area contributed by atoms with Crippen LogP contribution in [0.25, 0.3) is 0 Å². The van der Waals surface area contributed by atoms with Gasteiger partial charge in [0.25, 0.3) is 10.0 Å². The zero-order chi connectivity index (χ0) is 18.0. The summed E-state index contributed by atoms with van der Waals surface area (Å²) in [5, 5.41) is 3.26. The van der Waals surface area contributed by atoms with Crippen molar-refractivity contribution in [1.82, 2.24) is 5.32 Å². The van der Waals surface area contributed by atoms with Gasteiger partial charge in [-0.15, -0.1) is 12.4 Å². The molecule has 1 heterocycles. The van der Waals surface area contributed by atoms with Crippen LogP contribution in [-0.2, 0) is 16.6 Å². The van der Waals surface area contributed by atoms with Gasteiger partial charge >= 0.3 is 0 Å². The zero-order valence-electron chi connectivity index (χ0n) is 15.0. The third-order valence-corrected chi connectivity index (χ3v) is 6.27. The molecule has 1 aliphatic rings. The second-order valence-electron chi connectivity index (χ2n) is 5.86. The number of halogens is 1. The van der Waals surface area contributed by atoms with Crippen molar-refractivity contribution in [1.29, 1.82) is 0 Å². The Morgan fingerprint density at radius 1 is 1.08 bits per heavy atom. The number of rotatable bonds is 4. The number of fused-ring (bicyclic) bond motifs is 1. The fourth-order valence-corrected chi connectivity index (χ4v) is 4.76. The molecule has 0 bridgehead atoms. The van der Waals surface area contributed by atoms with Gasteiger partial charge in [-0.05, 0) is 30.2 Å². The number of methoxy groups -OCH3 is 2. The largest absolute Gasteiger partial charge is 0.493 e. The lowest BCUT2D eigenvalue weighted by Gasteiger charge is -2.25. The summed E-state index contributed by atoms with van der Waals surface area (Å²) in [5.41, 5.74) is 2.29. The van der Waals surface area contributed by atoms with Crippen LogP contribution < -0.4 is 19.1 Å². The van der Waals surface area contributed by atoms with E-state index in [1.807, 2.05) is 24.3 Å². The molecule has 0 saturated carbocycles. The van der Waals surface area contributed by atoms with E-state index < -0.39 is 10.0 Å². The van der Waals surface area contributed by atoms with Crippen LogP contribution in [0.1, 0.15) is 11.1 Å². The molecule has 2 aromatic rings. The molecule has 142 valence electrons. The number of benzene rings is 2. The van der Waals surface area contributed by atoms with Crippen LogP contribution >= 0.6 is 12.4 Å². The average molecular weight is 399 g/mol. The lowest BCUT2D eigenvalue weighted by atomic mass is 10.2. The van der Waals surface area contributed by atoms with E-state index in [9.17, 15) is 8.42 Å². The second kappa shape index (κ2) is 8.16. The van der Waals surface area contributed by atoms with Crippen LogP contribution in [0.3, 0.4) is 0 Å². The highest BCUT2D eigenvalue weighted by molar-refractivity contribution is 7.92. The second-order valence-corrected chi connectivity index (χ2v) is 7.69. The molecular formula is C18H23ClN2O4S. The monoisotopic (exact) mass is 398 g/mol. The summed E-state index contributed by atoms with van der Waals surface area (Å²) >= 11 is 0. The molecule has 0 atom stereocenters. The number of anilines is 1. The SMILES string of the molecule is COc1cc(C)c(S(=O)(=O)N2CCNCc3ccccc32)cc1OC.Cl. The Morgan fingerprint density at radius 3 is 2.42 bits per heavy atom. The van der Waals surface area contributed by atoms with Crippen molar-refractivity contribution < 1.29 is 17.9 Å². The summed E-state index contributed by atoms with van der Waals surface area (Å²) in [6, 6.07) is 10.8. The van der Waals surface area contributed by atoms with E-state index in [-0.39, 0.29) is 17.3 Å². The maximum atomic E-state index is 13.4. The van der Waals surface area contributed by atoms with E-state index >= 15 is 0 Å². The molecule has 0 unspecified atom stereocenters. The van der Waals surface area contributed by atoms with E-state index in [0.717, 1.165) is 5.56 Å². The summed E-state index contributed by atoms with van der Waals surface area (Å²) in [5.74, 6) is 0.907. The lowest BCUT2D eigenvalue weighted by molar-refractivity contribution is 0.353. The molecular weight excluding hydrogens is 376 g/mol. The third-order valence-electron chi connectivity index (χ3n) is 4.32. The van der Waals surface area contributed by atoms with Gasteiger partial charge in [-0.25, -0.2) is 8.42 Å².